The molecule has 0 unspecified atom stereocenters. The first-order valence-corrected chi connectivity index (χ1v) is 9.65. The number of anilines is 1. The highest BCUT2D eigenvalue weighted by molar-refractivity contribution is 6.32. The van der Waals surface area contributed by atoms with Crippen LogP contribution in [-0.2, 0) is 16.0 Å². The standard InChI is InChI=1S/C22H23ClN2O5/c1-14(2)12-29-21-18(23)10-16(11-19(21)28-3)22(27)30-13-20(26)25-17-6-4-15(5-7-17)8-9-24/h4-7,10-11,14H,8,12-13H2,1-3H3,(H,25,26). The number of nitrogens with zero attached hydrogens (tertiary/aromatic N) is 1. The van der Waals surface area contributed by atoms with Crippen molar-refractivity contribution in [1.29, 1.82) is 5.26 Å². The Labute approximate surface area is 180 Å². The van der Waals surface area contributed by atoms with Gasteiger partial charge in [0.25, 0.3) is 5.91 Å². The van der Waals surface area contributed by atoms with E-state index < -0.39 is 18.5 Å². The average Bonchev–Trinajstić information content (AvgIpc) is 2.72. The molecule has 1 amide bonds. The molecule has 0 atom stereocenters. The Morgan fingerprint density at radius 2 is 1.90 bits per heavy atom. The van der Waals surface area contributed by atoms with Gasteiger partial charge < -0.3 is 19.5 Å². The van der Waals surface area contributed by atoms with Crippen LogP contribution in [0.3, 0.4) is 0 Å². The molecule has 2 aromatic carbocycles. The van der Waals surface area contributed by atoms with Crippen LogP contribution in [0.4, 0.5) is 5.69 Å². The zero-order valence-electron chi connectivity index (χ0n) is 17.0. The normalized spacial score (nSPS) is 10.3. The number of amides is 1. The Morgan fingerprint density at radius 1 is 1.20 bits per heavy atom. The first-order chi connectivity index (χ1) is 14.3. The number of hydrogen-bond donors (Lipinski definition) is 1. The fraction of sp³-hybridized carbons (Fsp3) is 0.318. The van der Waals surface area contributed by atoms with E-state index >= 15 is 0 Å². The summed E-state index contributed by atoms with van der Waals surface area (Å²) < 4.78 is 16.0. The molecule has 30 heavy (non-hydrogen) atoms. The second-order valence-electron chi connectivity index (χ2n) is 6.85. The van der Waals surface area contributed by atoms with E-state index in [2.05, 4.69) is 5.32 Å². The Bertz CT molecular complexity index is 936. The SMILES string of the molecule is COc1cc(C(=O)OCC(=O)Nc2ccc(CC#N)cc2)cc(Cl)c1OCC(C)C. The molecule has 2 aromatic rings. The fourth-order valence-corrected chi connectivity index (χ4v) is 2.70. The van der Waals surface area contributed by atoms with Gasteiger partial charge in [-0.15, -0.1) is 0 Å². The predicted octanol–water partition coefficient (Wildman–Crippen LogP) is 4.24. The van der Waals surface area contributed by atoms with Gasteiger partial charge in [0.05, 0.1) is 36.8 Å². The number of rotatable bonds is 9. The molecule has 0 aliphatic rings. The van der Waals surface area contributed by atoms with Gasteiger partial charge in [0, 0.05) is 5.69 Å². The second-order valence-corrected chi connectivity index (χ2v) is 7.26. The summed E-state index contributed by atoms with van der Waals surface area (Å²) in [6.07, 6.45) is 0.291. The Balaban J connectivity index is 1.97. The zero-order chi connectivity index (χ0) is 22.1. The van der Waals surface area contributed by atoms with E-state index in [0.29, 0.717) is 30.2 Å². The lowest BCUT2D eigenvalue weighted by Gasteiger charge is -2.15. The van der Waals surface area contributed by atoms with E-state index in [1.54, 1.807) is 24.3 Å². The molecule has 0 fully saturated rings. The maximum atomic E-state index is 12.3. The van der Waals surface area contributed by atoms with Gasteiger partial charge >= 0.3 is 5.97 Å². The van der Waals surface area contributed by atoms with Crippen LogP contribution in [0.1, 0.15) is 29.8 Å². The Morgan fingerprint density at radius 3 is 2.50 bits per heavy atom. The van der Waals surface area contributed by atoms with Gasteiger partial charge in [0.2, 0.25) is 0 Å². The first kappa shape index (κ1) is 23.0. The van der Waals surface area contributed by atoms with E-state index in [9.17, 15) is 9.59 Å². The molecule has 0 saturated heterocycles. The number of esters is 1. The number of methoxy groups -OCH3 is 1. The van der Waals surface area contributed by atoms with Crippen molar-refractivity contribution in [2.24, 2.45) is 5.92 Å². The lowest BCUT2D eigenvalue weighted by molar-refractivity contribution is -0.119. The van der Waals surface area contributed by atoms with Crippen LogP contribution in [0.15, 0.2) is 36.4 Å². The van der Waals surface area contributed by atoms with Crippen LogP contribution in [0.5, 0.6) is 11.5 Å². The van der Waals surface area contributed by atoms with Gasteiger partial charge in [0.1, 0.15) is 0 Å². The molecular formula is C22H23ClN2O5. The molecule has 0 aliphatic heterocycles. The van der Waals surface area contributed by atoms with Gasteiger partial charge in [-0.2, -0.15) is 5.26 Å². The van der Waals surface area contributed by atoms with Crippen molar-refractivity contribution in [2.75, 3.05) is 25.6 Å². The number of nitrogens with one attached hydrogen (secondary N) is 1. The van der Waals surface area contributed by atoms with E-state index in [1.807, 2.05) is 19.9 Å². The van der Waals surface area contributed by atoms with Crippen LogP contribution in [0.2, 0.25) is 5.02 Å². The van der Waals surface area contributed by atoms with Crippen LogP contribution in [-0.4, -0.2) is 32.2 Å². The molecule has 0 spiro atoms. The summed E-state index contributed by atoms with van der Waals surface area (Å²) in [5.74, 6) is -0.271. The van der Waals surface area contributed by atoms with Gasteiger partial charge in [0.15, 0.2) is 18.1 Å². The summed E-state index contributed by atoms with van der Waals surface area (Å²) in [5, 5.41) is 11.5. The summed E-state index contributed by atoms with van der Waals surface area (Å²) >= 11 is 6.23. The van der Waals surface area contributed by atoms with Gasteiger partial charge in [-0.1, -0.05) is 37.6 Å². The largest absolute Gasteiger partial charge is 0.493 e. The molecule has 0 aromatic heterocycles. The third kappa shape index (κ3) is 6.68. The monoisotopic (exact) mass is 430 g/mol. The third-order valence-electron chi connectivity index (χ3n) is 3.88. The van der Waals surface area contributed by atoms with Crippen LogP contribution >= 0.6 is 11.6 Å². The minimum atomic E-state index is -0.717. The van der Waals surface area contributed by atoms with Crippen molar-refractivity contribution in [3.05, 3.63) is 52.5 Å². The molecule has 1 N–H and O–H groups in total. The average molecular weight is 431 g/mol. The predicted molar refractivity (Wildman–Crippen MR) is 113 cm³/mol. The Kier molecular flexibility index (Phi) is 8.51. The van der Waals surface area contributed by atoms with Gasteiger partial charge in [-0.25, -0.2) is 4.79 Å². The molecule has 0 bridgehead atoms. The van der Waals surface area contributed by atoms with E-state index in [-0.39, 0.29) is 16.5 Å². The molecule has 8 heteroatoms. The quantitative estimate of drug-likeness (QED) is 0.597. The van der Waals surface area contributed by atoms with E-state index in [1.165, 1.54) is 19.2 Å². The topological polar surface area (TPSA) is 97.6 Å². The number of benzene rings is 2. The molecule has 0 saturated carbocycles. The minimum Gasteiger partial charge on any atom is -0.493 e. The van der Waals surface area contributed by atoms with Crippen LogP contribution in [0, 0.1) is 17.2 Å². The van der Waals surface area contributed by atoms with Crippen molar-refractivity contribution in [2.45, 2.75) is 20.3 Å². The highest BCUT2D eigenvalue weighted by Crippen LogP contribution is 2.36. The van der Waals surface area contributed by atoms with E-state index in [0.717, 1.165) is 5.56 Å². The van der Waals surface area contributed by atoms with Crippen molar-refractivity contribution >= 4 is 29.2 Å². The van der Waals surface area contributed by atoms with Crippen molar-refractivity contribution in [3.8, 4) is 17.6 Å². The number of carbonyl (C=O) groups is 2. The number of ether oxygens (including phenoxy) is 3. The molecule has 158 valence electrons. The molecule has 0 radical (unpaired) electrons. The van der Waals surface area contributed by atoms with E-state index in [4.69, 9.17) is 31.1 Å². The van der Waals surface area contributed by atoms with Crippen molar-refractivity contribution < 1.29 is 23.8 Å². The maximum absolute atomic E-state index is 12.3. The zero-order valence-corrected chi connectivity index (χ0v) is 17.8. The lowest BCUT2D eigenvalue weighted by atomic mass is 10.1. The molecule has 7 nitrogen and oxygen atoms in total. The summed E-state index contributed by atoms with van der Waals surface area (Å²) in [6.45, 7) is 3.97. The highest BCUT2D eigenvalue weighted by atomic mass is 35.5. The second kappa shape index (κ2) is 11.1. The smallest absolute Gasteiger partial charge is 0.338 e. The number of hydrogen-bond acceptors (Lipinski definition) is 6. The molecular weight excluding hydrogens is 408 g/mol. The maximum Gasteiger partial charge on any atom is 0.338 e. The highest BCUT2D eigenvalue weighted by Gasteiger charge is 2.18. The summed E-state index contributed by atoms with van der Waals surface area (Å²) in [5.41, 5.74) is 1.52. The molecule has 0 heterocycles. The van der Waals surface area contributed by atoms with Crippen LogP contribution < -0.4 is 14.8 Å². The van der Waals surface area contributed by atoms with Crippen LogP contribution in [0.25, 0.3) is 0 Å². The van der Waals surface area contributed by atoms with Crippen molar-refractivity contribution in [1.82, 2.24) is 0 Å². The molecule has 0 aliphatic carbocycles. The minimum absolute atomic E-state index is 0.141. The summed E-state index contributed by atoms with van der Waals surface area (Å²) in [7, 11) is 1.44. The lowest BCUT2D eigenvalue weighted by Crippen LogP contribution is -2.21. The molecule has 2 rings (SSSR count). The summed E-state index contributed by atoms with van der Waals surface area (Å²) in [6, 6.07) is 11.7. The van der Waals surface area contributed by atoms with Crippen molar-refractivity contribution in [3.63, 3.8) is 0 Å². The number of halogens is 1. The first-order valence-electron chi connectivity index (χ1n) is 9.27. The van der Waals surface area contributed by atoms with Gasteiger partial charge in [-0.05, 0) is 35.7 Å². The summed E-state index contributed by atoms with van der Waals surface area (Å²) in [4.78, 5) is 24.4. The number of nitriles is 1. The van der Waals surface area contributed by atoms with Gasteiger partial charge in [-0.3, -0.25) is 4.79 Å². The third-order valence-corrected chi connectivity index (χ3v) is 4.16. The Hall–Kier alpha value is -3.24. The number of carbonyl (C=O) groups excluding carboxylic acids is 2. The fourth-order valence-electron chi connectivity index (χ4n) is 2.44.